The molecule has 2 aromatic rings. The highest BCUT2D eigenvalue weighted by Crippen LogP contribution is 2.21. The van der Waals surface area contributed by atoms with Gasteiger partial charge in [-0.15, -0.1) is 0 Å². The number of hydrogen-bond donors (Lipinski definition) is 1. The fraction of sp³-hybridized carbons (Fsp3) is 0.588. The van der Waals surface area contributed by atoms with Crippen molar-refractivity contribution in [2.24, 2.45) is 0 Å². The first-order valence-corrected chi connectivity index (χ1v) is 9.32. The lowest BCUT2D eigenvalue weighted by molar-refractivity contribution is -0.127. The van der Waals surface area contributed by atoms with Crippen molar-refractivity contribution in [2.45, 2.75) is 51.7 Å². The Labute approximate surface area is 146 Å². The Morgan fingerprint density at radius 1 is 1.46 bits per heavy atom. The summed E-state index contributed by atoms with van der Waals surface area (Å²) in [6, 6.07) is 1.84. The van der Waals surface area contributed by atoms with Crippen molar-refractivity contribution in [1.29, 1.82) is 0 Å². The van der Waals surface area contributed by atoms with Gasteiger partial charge in [0.1, 0.15) is 5.52 Å². The van der Waals surface area contributed by atoms with Gasteiger partial charge in [0.05, 0.1) is 11.3 Å². The summed E-state index contributed by atoms with van der Waals surface area (Å²) in [6.45, 7) is 8.66. The summed E-state index contributed by atoms with van der Waals surface area (Å²) < 4.78 is 1.66. The molecule has 132 valence electrons. The Hall–Kier alpha value is -1.76. The number of carbonyl (C=O) groups is 1. The predicted octanol–water partition coefficient (Wildman–Crippen LogP) is 2.96. The fourth-order valence-electron chi connectivity index (χ4n) is 2.50. The average Bonchev–Trinajstić information content (AvgIpc) is 2.90. The monoisotopic (exact) mass is 350 g/mol. The van der Waals surface area contributed by atoms with E-state index in [-0.39, 0.29) is 23.3 Å². The molecule has 1 N–H and O–H groups in total. The van der Waals surface area contributed by atoms with Gasteiger partial charge in [-0.3, -0.25) is 14.2 Å². The van der Waals surface area contributed by atoms with Crippen LogP contribution in [-0.2, 0) is 4.79 Å². The number of H-pyrrole nitrogens is 1. The molecule has 0 fully saturated rings. The predicted molar refractivity (Wildman–Crippen MR) is 98.7 cm³/mol. The van der Waals surface area contributed by atoms with Crippen LogP contribution in [0.1, 0.15) is 45.3 Å². The van der Waals surface area contributed by atoms with Crippen molar-refractivity contribution in [3.8, 4) is 0 Å². The average molecular weight is 350 g/mol. The van der Waals surface area contributed by atoms with Crippen LogP contribution in [0.4, 0.5) is 0 Å². The van der Waals surface area contributed by atoms with Gasteiger partial charge >= 0.3 is 0 Å². The number of aryl methyl sites for hydroxylation is 1. The molecule has 2 rings (SSSR count). The molecule has 2 heterocycles. The standard InChI is InChI=1S/C17H26N4O2S/c1-6-7-8-20(5)14(22)10-24-17-19-13-9-12(4)18-15(13)16(23)21(17)11(2)3/h9,11,18H,6-8,10H2,1-5H3. The van der Waals surface area contributed by atoms with Crippen LogP contribution in [0, 0.1) is 6.92 Å². The Balaban J connectivity index is 2.26. The molecule has 7 heteroatoms. The van der Waals surface area contributed by atoms with Crippen molar-refractivity contribution in [3.63, 3.8) is 0 Å². The van der Waals surface area contributed by atoms with Gasteiger partial charge in [0.25, 0.3) is 5.56 Å². The van der Waals surface area contributed by atoms with E-state index in [0.29, 0.717) is 16.2 Å². The second kappa shape index (κ2) is 7.88. The molecule has 0 aromatic carbocycles. The maximum Gasteiger partial charge on any atom is 0.278 e. The lowest BCUT2D eigenvalue weighted by Gasteiger charge is -2.18. The molecule has 24 heavy (non-hydrogen) atoms. The second-order valence-electron chi connectivity index (χ2n) is 6.33. The molecule has 1 amide bonds. The zero-order valence-electron chi connectivity index (χ0n) is 15.0. The fourth-order valence-corrected chi connectivity index (χ4v) is 3.57. The van der Waals surface area contributed by atoms with Gasteiger partial charge in [0, 0.05) is 25.3 Å². The summed E-state index contributed by atoms with van der Waals surface area (Å²) in [5, 5.41) is 0.596. The first-order chi connectivity index (χ1) is 11.3. The first-order valence-electron chi connectivity index (χ1n) is 8.33. The number of rotatable bonds is 7. The molecular formula is C17H26N4O2S. The molecule has 0 saturated carbocycles. The van der Waals surface area contributed by atoms with E-state index < -0.39 is 0 Å². The van der Waals surface area contributed by atoms with Crippen molar-refractivity contribution >= 4 is 28.7 Å². The Morgan fingerprint density at radius 2 is 2.17 bits per heavy atom. The van der Waals surface area contributed by atoms with Gasteiger partial charge < -0.3 is 9.88 Å². The minimum absolute atomic E-state index is 0.0200. The maximum absolute atomic E-state index is 12.7. The molecule has 0 spiro atoms. The number of nitrogens with zero attached hydrogens (tertiary/aromatic N) is 3. The lowest BCUT2D eigenvalue weighted by atomic mass is 10.3. The van der Waals surface area contributed by atoms with Crippen LogP contribution in [0.25, 0.3) is 11.0 Å². The van der Waals surface area contributed by atoms with E-state index in [9.17, 15) is 9.59 Å². The van der Waals surface area contributed by atoms with Crippen molar-refractivity contribution in [3.05, 3.63) is 22.1 Å². The van der Waals surface area contributed by atoms with Crippen LogP contribution in [0.2, 0.25) is 0 Å². The van der Waals surface area contributed by atoms with Crippen LogP contribution >= 0.6 is 11.8 Å². The van der Waals surface area contributed by atoms with Gasteiger partial charge in [-0.25, -0.2) is 4.98 Å². The highest BCUT2D eigenvalue weighted by molar-refractivity contribution is 7.99. The third kappa shape index (κ3) is 4.01. The Morgan fingerprint density at radius 3 is 2.79 bits per heavy atom. The zero-order valence-corrected chi connectivity index (χ0v) is 15.9. The van der Waals surface area contributed by atoms with Gasteiger partial charge in [0.2, 0.25) is 5.91 Å². The summed E-state index contributed by atoms with van der Waals surface area (Å²) in [5.74, 6) is 0.345. The number of hydrogen-bond acceptors (Lipinski definition) is 4. The van der Waals surface area contributed by atoms with E-state index in [2.05, 4.69) is 16.9 Å². The highest BCUT2D eigenvalue weighted by Gasteiger charge is 2.17. The van der Waals surface area contributed by atoms with E-state index in [0.717, 1.165) is 25.1 Å². The normalized spacial score (nSPS) is 11.4. The molecule has 0 atom stereocenters. The minimum Gasteiger partial charge on any atom is -0.353 e. The van der Waals surface area contributed by atoms with E-state index in [1.165, 1.54) is 11.8 Å². The number of amides is 1. The molecule has 0 saturated heterocycles. The number of unbranched alkanes of at least 4 members (excludes halogenated alkanes) is 1. The first kappa shape index (κ1) is 18.6. The summed E-state index contributed by atoms with van der Waals surface area (Å²) in [5.41, 5.74) is 2.00. The quantitative estimate of drug-likeness (QED) is 0.615. The number of carbonyl (C=O) groups excluding carboxylic acids is 1. The molecule has 2 aromatic heterocycles. The van der Waals surface area contributed by atoms with Gasteiger partial charge in [-0.1, -0.05) is 25.1 Å². The molecule has 0 bridgehead atoms. The Kier molecular flexibility index (Phi) is 6.10. The summed E-state index contributed by atoms with van der Waals surface area (Å²) in [4.78, 5) is 34.4. The number of nitrogens with one attached hydrogen (secondary N) is 1. The third-order valence-corrected chi connectivity index (χ3v) is 4.84. The second-order valence-corrected chi connectivity index (χ2v) is 7.28. The number of fused-ring (bicyclic) bond motifs is 1. The molecule has 0 aliphatic heterocycles. The minimum atomic E-state index is -0.0858. The summed E-state index contributed by atoms with van der Waals surface area (Å²) in [6.07, 6.45) is 2.05. The maximum atomic E-state index is 12.7. The molecule has 0 aliphatic carbocycles. The zero-order chi connectivity index (χ0) is 17.9. The summed E-state index contributed by atoms with van der Waals surface area (Å²) >= 11 is 1.33. The largest absolute Gasteiger partial charge is 0.353 e. The highest BCUT2D eigenvalue weighted by atomic mass is 32.2. The lowest BCUT2D eigenvalue weighted by Crippen LogP contribution is -2.30. The van der Waals surface area contributed by atoms with Gasteiger partial charge in [-0.2, -0.15) is 0 Å². The third-order valence-electron chi connectivity index (χ3n) is 3.90. The Bertz CT molecular complexity index is 779. The summed E-state index contributed by atoms with van der Waals surface area (Å²) in [7, 11) is 1.82. The SMILES string of the molecule is CCCCN(C)C(=O)CSc1nc2cc(C)[nH]c2c(=O)n1C(C)C. The van der Waals surface area contributed by atoms with Crippen LogP contribution in [0.15, 0.2) is 16.0 Å². The number of thioether (sulfide) groups is 1. The van der Waals surface area contributed by atoms with Gasteiger partial charge in [-0.05, 0) is 33.3 Å². The molecule has 0 aliphatic rings. The van der Waals surface area contributed by atoms with E-state index in [1.54, 1.807) is 9.47 Å². The van der Waals surface area contributed by atoms with E-state index >= 15 is 0 Å². The molecular weight excluding hydrogens is 324 g/mol. The van der Waals surface area contributed by atoms with Crippen molar-refractivity contribution < 1.29 is 4.79 Å². The van der Waals surface area contributed by atoms with E-state index in [1.807, 2.05) is 33.9 Å². The molecule has 0 unspecified atom stereocenters. The van der Waals surface area contributed by atoms with Crippen molar-refractivity contribution in [1.82, 2.24) is 19.4 Å². The van der Waals surface area contributed by atoms with Crippen LogP contribution in [-0.4, -0.2) is 44.7 Å². The van der Waals surface area contributed by atoms with E-state index in [4.69, 9.17) is 0 Å². The number of aromatic amines is 1. The van der Waals surface area contributed by atoms with Crippen LogP contribution in [0.3, 0.4) is 0 Å². The smallest absolute Gasteiger partial charge is 0.278 e. The number of aromatic nitrogens is 3. The molecule has 0 radical (unpaired) electrons. The molecule has 6 nitrogen and oxygen atoms in total. The van der Waals surface area contributed by atoms with Crippen LogP contribution < -0.4 is 5.56 Å². The van der Waals surface area contributed by atoms with Crippen LogP contribution in [0.5, 0.6) is 0 Å². The topological polar surface area (TPSA) is 71.0 Å². The van der Waals surface area contributed by atoms with Gasteiger partial charge in [0.15, 0.2) is 5.16 Å². The van der Waals surface area contributed by atoms with Crippen molar-refractivity contribution in [2.75, 3.05) is 19.3 Å².